The molecule has 1 aromatic heterocycles. The number of piperazine rings is 1. The van der Waals surface area contributed by atoms with Gasteiger partial charge in [-0.25, -0.2) is 0 Å². The minimum absolute atomic E-state index is 0. The van der Waals surface area contributed by atoms with Crippen molar-refractivity contribution in [1.82, 2.24) is 20.1 Å². The fourth-order valence-corrected chi connectivity index (χ4v) is 2.77. The van der Waals surface area contributed by atoms with Crippen LogP contribution in [-0.4, -0.2) is 66.4 Å². The maximum Gasteiger partial charge on any atom is 0.256 e. The van der Waals surface area contributed by atoms with Gasteiger partial charge >= 0.3 is 0 Å². The van der Waals surface area contributed by atoms with Crippen molar-refractivity contribution >= 4 is 47.5 Å². The molecule has 3 rings (SSSR count). The van der Waals surface area contributed by atoms with Crippen LogP contribution in [-0.2, 0) is 4.79 Å². The average molecular weight is 385 g/mol. The molecule has 0 aliphatic carbocycles. The minimum Gasteiger partial charge on any atom is -0.339 e. The van der Waals surface area contributed by atoms with Gasteiger partial charge in [-0.2, -0.15) is 0 Å². The lowest BCUT2D eigenvalue weighted by Crippen LogP contribution is -2.49. The molecule has 0 atom stereocenters. The average Bonchev–Trinajstić information content (AvgIpc) is 2.61. The van der Waals surface area contributed by atoms with Gasteiger partial charge in [-0.05, 0) is 12.1 Å². The maximum absolute atomic E-state index is 12.7. The van der Waals surface area contributed by atoms with E-state index in [9.17, 15) is 9.59 Å². The van der Waals surface area contributed by atoms with Crippen molar-refractivity contribution in [3.8, 4) is 0 Å². The Kier molecular flexibility index (Phi) is 8.09. The highest BCUT2D eigenvalue weighted by molar-refractivity contribution is 6.06. The van der Waals surface area contributed by atoms with E-state index in [1.165, 1.54) is 4.90 Å². The number of hydrogen-bond donors (Lipinski definition) is 1. The Morgan fingerprint density at radius 1 is 1.16 bits per heavy atom. The van der Waals surface area contributed by atoms with Crippen LogP contribution in [0.4, 0.5) is 0 Å². The van der Waals surface area contributed by atoms with Crippen molar-refractivity contribution in [2.75, 3.05) is 39.8 Å². The summed E-state index contributed by atoms with van der Waals surface area (Å²) in [5.74, 6) is -0.201. The molecule has 1 aliphatic rings. The number of aromatic nitrogens is 1. The van der Waals surface area contributed by atoms with E-state index < -0.39 is 0 Å². The Bertz CT molecular complexity index is 730. The van der Waals surface area contributed by atoms with Crippen LogP contribution in [0.5, 0.6) is 0 Å². The molecule has 0 unspecified atom stereocenters. The third-order valence-corrected chi connectivity index (χ3v) is 4.05. The van der Waals surface area contributed by atoms with Gasteiger partial charge < -0.3 is 15.1 Å². The third-order valence-electron chi connectivity index (χ3n) is 4.05. The normalized spacial score (nSPS) is 13.6. The Labute approximate surface area is 159 Å². The molecular weight excluding hydrogens is 363 g/mol. The number of para-hydroxylation sites is 1. The molecule has 136 valence electrons. The van der Waals surface area contributed by atoms with Crippen molar-refractivity contribution in [2.24, 2.45) is 0 Å². The minimum atomic E-state index is -0.183. The fraction of sp³-hybridized carbons (Fsp3) is 0.353. The number of amides is 2. The monoisotopic (exact) mass is 384 g/mol. The molecule has 1 fully saturated rings. The van der Waals surface area contributed by atoms with E-state index in [2.05, 4.69) is 10.3 Å². The predicted molar refractivity (Wildman–Crippen MR) is 103 cm³/mol. The molecule has 1 aliphatic heterocycles. The van der Waals surface area contributed by atoms with Crippen LogP contribution < -0.4 is 5.32 Å². The zero-order chi connectivity index (χ0) is 16.2. The number of fused-ring (bicyclic) bond motifs is 1. The first-order valence-corrected chi connectivity index (χ1v) is 7.74. The quantitative estimate of drug-likeness (QED) is 0.872. The van der Waals surface area contributed by atoms with Crippen molar-refractivity contribution in [3.05, 3.63) is 42.1 Å². The van der Waals surface area contributed by atoms with Crippen molar-refractivity contribution in [3.63, 3.8) is 0 Å². The van der Waals surface area contributed by atoms with E-state index in [0.717, 1.165) is 18.5 Å². The van der Waals surface area contributed by atoms with Crippen LogP contribution in [0.3, 0.4) is 0 Å². The number of halogens is 2. The molecule has 1 saturated heterocycles. The van der Waals surface area contributed by atoms with Gasteiger partial charge in [0.25, 0.3) is 5.91 Å². The number of likely N-dealkylation sites (N-methyl/N-ethyl adjacent to an activating group) is 1. The van der Waals surface area contributed by atoms with Gasteiger partial charge in [-0.3, -0.25) is 14.6 Å². The standard InChI is InChI=1S/C17H20N4O2.2ClH/c1-20(12-15(22)21-10-8-18-9-11-21)17(23)14-6-2-4-13-5-3-7-19-16(13)14;;/h2-7,18H,8-12H2,1H3;2*1H. The van der Waals surface area contributed by atoms with Gasteiger partial charge in [-0.15, -0.1) is 24.8 Å². The number of carbonyl (C=O) groups is 2. The molecule has 0 bridgehead atoms. The van der Waals surface area contributed by atoms with Crippen LogP contribution in [0.15, 0.2) is 36.5 Å². The second-order valence-electron chi connectivity index (χ2n) is 5.67. The van der Waals surface area contributed by atoms with E-state index in [-0.39, 0.29) is 43.2 Å². The zero-order valence-corrected chi connectivity index (χ0v) is 15.6. The van der Waals surface area contributed by atoms with Gasteiger partial charge in [0.15, 0.2) is 0 Å². The van der Waals surface area contributed by atoms with E-state index in [1.54, 1.807) is 24.2 Å². The van der Waals surface area contributed by atoms with E-state index in [1.807, 2.05) is 24.3 Å². The summed E-state index contributed by atoms with van der Waals surface area (Å²) >= 11 is 0. The first-order valence-electron chi connectivity index (χ1n) is 7.74. The highest BCUT2D eigenvalue weighted by atomic mass is 35.5. The molecule has 0 spiro atoms. The van der Waals surface area contributed by atoms with Crippen LogP contribution in [0.2, 0.25) is 0 Å². The lowest BCUT2D eigenvalue weighted by Gasteiger charge is -2.29. The molecule has 8 heteroatoms. The number of rotatable bonds is 3. The second kappa shape index (κ2) is 9.56. The fourth-order valence-electron chi connectivity index (χ4n) is 2.77. The summed E-state index contributed by atoms with van der Waals surface area (Å²) in [5.41, 5.74) is 1.19. The summed E-state index contributed by atoms with van der Waals surface area (Å²) in [4.78, 5) is 32.5. The molecule has 0 saturated carbocycles. The first kappa shape index (κ1) is 21.2. The van der Waals surface area contributed by atoms with Crippen molar-refractivity contribution < 1.29 is 9.59 Å². The third kappa shape index (κ3) is 4.81. The summed E-state index contributed by atoms with van der Waals surface area (Å²) < 4.78 is 0. The zero-order valence-electron chi connectivity index (χ0n) is 14.0. The Hall–Kier alpha value is -1.89. The maximum atomic E-state index is 12.7. The van der Waals surface area contributed by atoms with Crippen molar-refractivity contribution in [2.45, 2.75) is 0 Å². The smallest absolute Gasteiger partial charge is 0.256 e. The Balaban J connectivity index is 0.00000156. The molecule has 2 aromatic rings. The first-order chi connectivity index (χ1) is 11.2. The molecule has 25 heavy (non-hydrogen) atoms. The van der Waals surface area contributed by atoms with Crippen LogP contribution >= 0.6 is 24.8 Å². The van der Waals surface area contributed by atoms with Crippen molar-refractivity contribution in [1.29, 1.82) is 0 Å². The molecule has 1 N–H and O–H groups in total. The van der Waals surface area contributed by atoms with E-state index in [4.69, 9.17) is 0 Å². The molecule has 2 amide bonds. The van der Waals surface area contributed by atoms with Crippen LogP contribution in [0.1, 0.15) is 10.4 Å². The molecular formula is C17H22Cl2N4O2. The van der Waals surface area contributed by atoms with Gasteiger partial charge in [0, 0.05) is 44.8 Å². The Morgan fingerprint density at radius 3 is 2.56 bits per heavy atom. The lowest BCUT2D eigenvalue weighted by atomic mass is 10.1. The summed E-state index contributed by atoms with van der Waals surface area (Å²) in [6.45, 7) is 3.07. The number of benzene rings is 1. The van der Waals surface area contributed by atoms with E-state index >= 15 is 0 Å². The molecule has 6 nitrogen and oxygen atoms in total. The van der Waals surface area contributed by atoms with Gasteiger partial charge in [0.1, 0.15) is 0 Å². The van der Waals surface area contributed by atoms with Gasteiger partial charge in [0.05, 0.1) is 17.6 Å². The number of carbonyl (C=O) groups excluding carboxylic acids is 2. The highest BCUT2D eigenvalue weighted by Crippen LogP contribution is 2.17. The lowest BCUT2D eigenvalue weighted by molar-refractivity contribution is -0.132. The number of nitrogens with zero attached hydrogens (tertiary/aromatic N) is 3. The summed E-state index contributed by atoms with van der Waals surface area (Å²) in [6, 6.07) is 9.27. The highest BCUT2D eigenvalue weighted by Gasteiger charge is 2.21. The van der Waals surface area contributed by atoms with Crippen LogP contribution in [0.25, 0.3) is 10.9 Å². The van der Waals surface area contributed by atoms with E-state index in [0.29, 0.717) is 24.2 Å². The number of pyridine rings is 1. The SMILES string of the molecule is CN(CC(=O)N1CCNCC1)C(=O)c1cccc2cccnc12.Cl.Cl. The van der Waals surface area contributed by atoms with Crippen LogP contribution in [0, 0.1) is 0 Å². The second-order valence-corrected chi connectivity index (χ2v) is 5.67. The topological polar surface area (TPSA) is 65.5 Å². The molecule has 0 radical (unpaired) electrons. The van der Waals surface area contributed by atoms with Gasteiger partial charge in [-0.1, -0.05) is 18.2 Å². The summed E-state index contributed by atoms with van der Waals surface area (Å²) in [7, 11) is 1.66. The molecule has 2 heterocycles. The Morgan fingerprint density at radius 2 is 1.84 bits per heavy atom. The predicted octanol–water partition coefficient (Wildman–Crippen LogP) is 1.58. The largest absolute Gasteiger partial charge is 0.339 e. The summed E-state index contributed by atoms with van der Waals surface area (Å²) in [6.07, 6.45) is 1.67. The van der Waals surface area contributed by atoms with Gasteiger partial charge in [0.2, 0.25) is 5.91 Å². The summed E-state index contributed by atoms with van der Waals surface area (Å²) in [5, 5.41) is 4.13. The number of nitrogens with one attached hydrogen (secondary N) is 1. The number of hydrogen-bond acceptors (Lipinski definition) is 4. The molecule has 1 aromatic carbocycles.